The highest BCUT2D eigenvalue weighted by atomic mass is 15.1. The summed E-state index contributed by atoms with van der Waals surface area (Å²) in [4.78, 5) is 2.41. The van der Waals surface area contributed by atoms with Crippen molar-refractivity contribution in [3.05, 3.63) is 249 Å². The molecule has 0 aromatic heterocycles. The molecule has 0 radical (unpaired) electrons. The van der Waals surface area contributed by atoms with Crippen LogP contribution in [0.15, 0.2) is 249 Å². The molecule has 0 atom stereocenters. The summed E-state index contributed by atoms with van der Waals surface area (Å²) in [5, 5.41) is 2.50. The molecule has 10 aromatic rings. The number of nitrogens with zero attached hydrogens (tertiary/aromatic N) is 1. The molecule has 1 heteroatoms. The van der Waals surface area contributed by atoms with Crippen LogP contribution < -0.4 is 4.90 Å². The molecular formula is C58H41N. The van der Waals surface area contributed by atoms with E-state index < -0.39 is 0 Å². The van der Waals surface area contributed by atoms with Crippen LogP contribution in [0.4, 0.5) is 17.1 Å². The van der Waals surface area contributed by atoms with E-state index in [2.05, 4.69) is 254 Å². The van der Waals surface area contributed by atoms with Crippen molar-refractivity contribution in [1.29, 1.82) is 0 Å². The van der Waals surface area contributed by atoms with E-state index in [0.29, 0.717) is 0 Å². The zero-order valence-electron chi connectivity index (χ0n) is 32.6. The topological polar surface area (TPSA) is 3.24 Å². The van der Waals surface area contributed by atoms with Gasteiger partial charge >= 0.3 is 0 Å². The molecule has 0 bridgehead atoms. The maximum absolute atomic E-state index is 2.41. The van der Waals surface area contributed by atoms with Crippen LogP contribution in [0.2, 0.25) is 0 Å². The molecule has 0 aliphatic heterocycles. The second-order valence-corrected chi connectivity index (χ2v) is 14.9. The fourth-order valence-electron chi connectivity index (χ4n) is 8.44. The van der Waals surface area contributed by atoms with Gasteiger partial charge in [0.15, 0.2) is 0 Å². The first-order valence-corrected chi connectivity index (χ1v) is 20.3. The number of anilines is 3. The molecule has 10 rings (SSSR count). The molecule has 278 valence electrons. The van der Waals surface area contributed by atoms with E-state index in [9.17, 15) is 0 Å². The largest absolute Gasteiger partial charge is 0.310 e. The molecule has 1 nitrogen and oxygen atoms in total. The van der Waals surface area contributed by atoms with Crippen molar-refractivity contribution in [2.75, 3.05) is 4.90 Å². The molecule has 0 saturated heterocycles. The molecule has 10 aromatic carbocycles. The lowest BCUT2D eigenvalue weighted by Crippen LogP contribution is -2.11. The van der Waals surface area contributed by atoms with Crippen LogP contribution in [0.3, 0.4) is 0 Å². The van der Waals surface area contributed by atoms with Crippen LogP contribution in [-0.2, 0) is 0 Å². The molecule has 0 amide bonds. The summed E-state index contributed by atoms with van der Waals surface area (Å²) in [6.45, 7) is 0. The third kappa shape index (κ3) is 7.12. The third-order valence-corrected chi connectivity index (χ3v) is 11.3. The van der Waals surface area contributed by atoms with Crippen molar-refractivity contribution >= 4 is 27.8 Å². The van der Waals surface area contributed by atoms with Gasteiger partial charge in [-0.25, -0.2) is 0 Å². The van der Waals surface area contributed by atoms with Crippen LogP contribution in [0, 0.1) is 0 Å². The highest BCUT2D eigenvalue weighted by Gasteiger charge is 2.20. The number of hydrogen-bond donors (Lipinski definition) is 0. The fraction of sp³-hybridized carbons (Fsp3) is 0. The minimum absolute atomic E-state index is 1.08. The lowest BCUT2D eigenvalue weighted by atomic mass is 9.88. The van der Waals surface area contributed by atoms with Crippen molar-refractivity contribution in [1.82, 2.24) is 0 Å². The summed E-state index contributed by atoms with van der Waals surface area (Å²) < 4.78 is 0. The highest BCUT2D eigenvalue weighted by Crippen LogP contribution is 2.46. The van der Waals surface area contributed by atoms with E-state index in [-0.39, 0.29) is 0 Å². The van der Waals surface area contributed by atoms with Gasteiger partial charge < -0.3 is 4.90 Å². The summed E-state index contributed by atoms with van der Waals surface area (Å²) in [7, 11) is 0. The molecule has 0 heterocycles. The first kappa shape index (κ1) is 35.7. The Morgan fingerprint density at radius 1 is 0.220 bits per heavy atom. The van der Waals surface area contributed by atoms with Gasteiger partial charge in [-0.15, -0.1) is 0 Å². The van der Waals surface area contributed by atoms with Gasteiger partial charge in [-0.3, -0.25) is 0 Å². The van der Waals surface area contributed by atoms with Gasteiger partial charge in [0.1, 0.15) is 0 Å². The van der Waals surface area contributed by atoms with E-state index in [0.717, 1.165) is 22.6 Å². The monoisotopic (exact) mass is 751 g/mol. The van der Waals surface area contributed by atoms with E-state index in [1.165, 1.54) is 72.0 Å². The van der Waals surface area contributed by atoms with Gasteiger partial charge in [0.25, 0.3) is 0 Å². The Morgan fingerprint density at radius 3 is 1.27 bits per heavy atom. The molecule has 0 fully saturated rings. The smallest absolute Gasteiger partial charge is 0.0540 e. The first-order chi connectivity index (χ1) is 29.3. The third-order valence-electron chi connectivity index (χ3n) is 11.3. The van der Waals surface area contributed by atoms with E-state index in [1.54, 1.807) is 0 Å². The quantitative estimate of drug-likeness (QED) is 0.142. The Kier molecular flexibility index (Phi) is 9.68. The summed E-state index contributed by atoms with van der Waals surface area (Å²) >= 11 is 0. The van der Waals surface area contributed by atoms with Crippen molar-refractivity contribution in [2.24, 2.45) is 0 Å². The van der Waals surface area contributed by atoms with Gasteiger partial charge in [0.2, 0.25) is 0 Å². The average Bonchev–Trinajstić information content (AvgIpc) is 3.33. The van der Waals surface area contributed by atoms with E-state index in [1.807, 2.05) is 0 Å². The molecular weight excluding hydrogens is 711 g/mol. The summed E-state index contributed by atoms with van der Waals surface area (Å²) in [6.07, 6.45) is 0. The number of hydrogen-bond acceptors (Lipinski definition) is 1. The van der Waals surface area contributed by atoms with Crippen molar-refractivity contribution in [2.45, 2.75) is 0 Å². The molecule has 0 aliphatic carbocycles. The van der Waals surface area contributed by atoms with Crippen molar-refractivity contribution in [3.8, 4) is 66.8 Å². The van der Waals surface area contributed by atoms with Gasteiger partial charge in [0, 0.05) is 16.9 Å². The molecule has 0 aliphatic rings. The standard InChI is InChI=1S/C58H41N/c1-3-17-42(18-4-1)47-23-15-24-48(41-47)43-33-37-49(38-34-43)59(50-39-35-46(36-40-50)52-31-16-22-45-21-7-8-25-51(45)52)58-32-14-13-30-57(58)56-29-12-11-28-55(56)54-27-10-9-26-53(54)44-19-5-2-6-20-44/h1-41H. The fourth-order valence-corrected chi connectivity index (χ4v) is 8.44. The Morgan fingerprint density at radius 2 is 0.610 bits per heavy atom. The molecule has 0 spiro atoms. The SMILES string of the molecule is c1ccc(-c2cccc(-c3ccc(N(c4ccc(-c5cccc6ccccc56)cc4)c4ccccc4-c4ccccc4-c4ccccc4-c4ccccc4)cc3)c2)cc1. The van der Waals surface area contributed by atoms with E-state index in [4.69, 9.17) is 0 Å². The Hall–Kier alpha value is -7.74. The van der Waals surface area contributed by atoms with Crippen molar-refractivity contribution < 1.29 is 0 Å². The van der Waals surface area contributed by atoms with Gasteiger partial charge in [-0.2, -0.15) is 0 Å². The first-order valence-electron chi connectivity index (χ1n) is 20.3. The Balaban J connectivity index is 1.11. The van der Waals surface area contributed by atoms with Gasteiger partial charge in [0.05, 0.1) is 5.69 Å². The second kappa shape index (κ2) is 16.0. The minimum Gasteiger partial charge on any atom is -0.310 e. The van der Waals surface area contributed by atoms with Crippen LogP contribution in [0.1, 0.15) is 0 Å². The summed E-state index contributed by atoms with van der Waals surface area (Å²) in [6, 6.07) is 89.8. The number of benzene rings is 10. The minimum atomic E-state index is 1.08. The molecule has 0 unspecified atom stereocenters. The highest BCUT2D eigenvalue weighted by molar-refractivity contribution is 5.99. The molecule has 0 N–H and O–H groups in total. The molecule has 0 saturated carbocycles. The lowest BCUT2D eigenvalue weighted by molar-refractivity contribution is 1.28. The molecule has 59 heavy (non-hydrogen) atoms. The van der Waals surface area contributed by atoms with Crippen LogP contribution in [-0.4, -0.2) is 0 Å². The van der Waals surface area contributed by atoms with Gasteiger partial charge in [-0.1, -0.05) is 212 Å². The maximum atomic E-state index is 2.41. The lowest BCUT2D eigenvalue weighted by Gasteiger charge is -2.29. The van der Waals surface area contributed by atoms with Crippen LogP contribution >= 0.6 is 0 Å². The van der Waals surface area contributed by atoms with Crippen LogP contribution in [0.5, 0.6) is 0 Å². The van der Waals surface area contributed by atoms with Gasteiger partial charge in [-0.05, 0) is 108 Å². The Labute approximate surface area is 346 Å². The predicted octanol–water partition coefficient (Wildman–Crippen LogP) is 16.3. The number of para-hydroxylation sites is 1. The Bertz CT molecular complexity index is 3010. The number of rotatable bonds is 9. The normalized spacial score (nSPS) is 11.1. The average molecular weight is 752 g/mol. The zero-order valence-corrected chi connectivity index (χ0v) is 32.6. The summed E-state index contributed by atoms with van der Waals surface area (Å²) in [5.41, 5.74) is 17.6. The summed E-state index contributed by atoms with van der Waals surface area (Å²) in [5.74, 6) is 0. The van der Waals surface area contributed by atoms with Crippen molar-refractivity contribution in [3.63, 3.8) is 0 Å². The van der Waals surface area contributed by atoms with E-state index >= 15 is 0 Å². The zero-order chi connectivity index (χ0) is 39.4. The number of fused-ring (bicyclic) bond motifs is 1. The predicted molar refractivity (Wildman–Crippen MR) is 251 cm³/mol. The van der Waals surface area contributed by atoms with Crippen LogP contribution in [0.25, 0.3) is 77.5 Å². The second-order valence-electron chi connectivity index (χ2n) is 14.9. The maximum Gasteiger partial charge on any atom is 0.0540 e.